The molecule has 39 heavy (non-hydrogen) atoms. The molecule has 2 N–H and O–H groups in total. The molecule has 3 nitrogen and oxygen atoms in total. The third-order valence-corrected chi connectivity index (χ3v) is 9.28. The molecule has 1 saturated heterocycles. The van der Waals surface area contributed by atoms with Gasteiger partial charge in [-0.3, -0.25) is 4.79 Å². The van der Waals surface area contributed by atoms with Crippen LogP contribution in [0.2, 0.25) is 0 Å². The maximum absolute atomic E-state index is 12.3. The zero-order valence-corrected chi connectivity index (χ0v) is 27.2. The second kappa shape index (κ2) is 26.3. The number of carbonyl (C=O) groups is 1. The fraction of sp³-hybridized carbons (Fsp3) is 0.972. The first-order chi connectivity index (χ1) is 19.1. The molecule has 0 atom stereocenters. The lowest BCUT2D eigenvalue weighted by Crippen LogP contribution is -2.86. The van der Waals surface area contributed by atoms with E-state index in [1.165, 1.54) is 180 Å². The van der Waals surface area contributed by atoms with E-state index in [1.807, 2.05) is 0 Å². The molecule has 3 heteroatoms. The summed E-state index contributed by atoms with van der Waals surface area (Å²) in [6.07, 6.45) is 38.1. The number of hydrogen-bond donors (Lipinski definition) is 1. The van der Waals surface area contributed by atoms with Gasteiger partial charge in [0.25, 0.3) is 0 Å². The maximum atomic E-state index is 12.3. The van der Waals surface area contributed by atoms with E-state index in [0.717, 1.165) is 6.42 Å². The topological polar surface area (TPSA) is 42.9 Å². The molecule has 0 aromatic rings. The van der Waals surface area contributed by atoms with Crippen LogP contribution in [0.3, 0.4) is 0 Å². The van der Waals surface area contributed by atoms with Crippen LogP contribution in [-0.2, 0) is 9.53 Å². The number of nitrogens with two attached hydrogens (primary N) is 1. The lowest BCUT2D eigenvalue weighted by atomic mass is 9.83. The summed E-state index contributed by atoms with van der Waals surface area (Å²) < 4.78 is 5.88. The Bertz CT molecular complexity index is 526. The SMILES string of the molecule is CCCCCCCCCCCCCCCCCCCCCCCCCCCC(=O)OC(C)(C)C1CC[NH2+]CC1. The van der Waals surface area contributed by atoms with Gasteiger partial charge in [0.05, 0.1) is 13.1 Å². The molecule has 0 spiro atoms. The van der Waals surface area contributed by atoms with E-state index < -0.39 is 0 Å². The minimum Gasteiger partial charge on any atom is -0.459 e. The highest BCUT2D eigenvalue weighted by atomic mass is 16.6. The van der Waals surface area contributed by atoms with Crippen molar-refractivity contribution in [2.24, 2.45) is 5.92 Å². The Morgan fingerprint density at radius 2 is 0.872 bits per heavy atom. The molecule has 232 valence electrons. The van der Waals surface area contributed by atoms with E-state index in [1.54, 1.807) is 0 Å². The van der Waals surface area contributed by atoms with Crippen molar-refractivity contribution in [3.8, 4) is 0 Å². The summed E-state index contributed by atoms with van der Waals surface area (Å²) in [5.41, 5.74) is -0.294. The average Bonchev–Trinajstić information content (AvgIpc) is 2.93. The highest BCUT2D eigenvalue weighted by molar-refractivity contribution is 5.69. The number of piperidine rings is 1. The molecule has 0 amide bonds. The van der Waals surface area contributed by atoms with Gasteiger partial charge in [-0.1, -0.05) is 161 Å². The Kier molecular flexibility index (Phi) is 24.6. The molecule has 1 aliphatic heterocycles. The lowest BCUT2D eigenvalue weighted by molar-refractivity contribution is -0.665. The van der Waals surface area contributed by atoms with Crippen molar-refractivity contribution < 1.29 is 14.8 Å². The molecule has 1 aliphatic rings. The highest BCUT2D eigenvalue weighted by Crippen LogP contribution is 2.28. The standard InChI is InChI=1S/C36H71NO2/c1-4-5-6-7-8-9-10-11-12-13-14-15-16-17-18-19-20-21-22-23-24-25-26-27-28-29-35(38)39-36(2,3)34-30-32-37-33-31-34/h34,37H,4-33H2,1-3H3/p+1. The molecule has 0 aliphatic carbocycles. The highest BCUT2D eigenvalue weighted by Gasteiger charge is 2.35. The summed E-state index contributed by atoms with van der Waals surface area (Å²) in [7, 11) is 0. The molecule has 1 fully saturated rings. The summed E-state index contributed by atoms with van der Waals surface area (Å²) in [5.74, 6) is 0.541. The van der Waals surface area contributed by atoms with Crippen LogP contribution in [0.1, 0.15) is 201 Å². The van der Waals surface area contributed by atoms with E-state index in [9.17, 15) is 4.79 Å². The van der Waals surface area contributed by atoms with Crippen molar-refractivity contribution in [1.82, 2.24) is 0 Å². The van der Waals surface area contributed by atoms with Crippen LogP contribution < -0.4 is 5.32 Å². The van der Waals surface area contributed by atoms with Crippen molar-refractivity contribution in [3.63, 3.8) is 0 Å². The lowest BCUT2D eigenvalue weighted by Gasteiger charge is -2.35. The Balaban J connectivity index is 1.73. The Morgan fingerprint density at radius 3 is 1.21 bits per heavy atom. The van der Waals surface area contributed by atoms with Gasteiger partial charge in [-0.15, -0.1) is 0 Å². The van der Waals surface area contributed by atoms with Crippen LogP contribution in [0.15, 0.2) is 0 Å². The molecular formula is C36H72NO2+. The number of hydrogen-bond acceptors (Lipinski definition) is 2. The molecule has 1 rings (SSSR count). The second-order valence-electron chi connectivity index (χ2n) is 13.5. The molecule has 0 saturated carbocycles. The number of quaternary nitrogens is 1. The number of carbonyl (C=O) groups excluding carboxylic acids is 1. The van der Waals surface area contributed by atoms with E-state index in [2.05, 4.69) is 26.1 Å². The summed E-state index contributed by atoms with van der Waals surface area (Å²) in [6.45, 7) is 8.87. The molecule has 0 aromatic heterocycles. The molecule has 0 radical (unpaired) electrons. The summed E-state index contributed by atoms with van der Waals surface area (Å²) in [6, 6.07) is 0. The minimum absolute atomic E-state index is 0.0173. The Morgan fingerprint density at radius 1 is 0.564 bits per heavy atom. The van der Waals surface area contributed by atoms with Gasteiger partial charge >= 0.3 is 5.97 Å². The molecular weight excluding hydrogens is 478 g/mol. The van der Waals surface area contributed by atoms with Crippen LogP contribution in [-0.4, -0.2) is 24.7 Å². The van der Waals surface area contributed by atoms with Gasteiger partial charge < -0.3 is 10.1 Å². The van der Waals surface area contributed by atoms with Gasteiger partial charge in [0.1, 0.15) is 5.60 Å². The van der Waals surface area contributed by atoms with E-state index in [4.69, 9.17) is 4.74 Å². The predicted molar refractivity (Wildman–Crippen MR) is 170 cm³/mol. The van der Waals surface area contributed by atoms with Crippen molar-refractivity contribution in [3.05, 3.63) is 0 Å². The number of rotatable bonds is 28. The maximum Gasteiger partial charge on any atom is 0.306 e. The van der Waals surface area contributed by atoms with Crippen LogP contribution in [0.25, 0.3) is 0 Å². The van der Waals surface area contributed by atoms with Gasteiger partial charge in [0.15, 0.2) is 0 Å². The molecule has 1 heterocycles. The molecule has 0 unspecified atom stereocenters. The molecule has 0 bridgehead atoms. The van der Waals surface area contributed by atoms with E-state index in [-0.39, 0.29) is 11.6 Å². The smallest absolute Gasteiger partial charge is 0.306 e. The van der Waals surface area contributed by atoms with Crippen LogP contribution in [0, 0.1) is 5.92 Å². The van der Waals surface area contributed by atoms with Gasteiger partial charge in [-0.2, -0.15) is 0 Å². The van der Waals surface area contributed by atoms with Gasteiger partial charge in [0, 0.05) is 25.2 Å². The quantitative estimate of drug-likeness (QED) is 0.0777. The number of esters is 1. The summed E-state index contributed by atoms with van der Waals surface area (Å²) >= 11 is 0. The van der Waals surface area contributed by atoms with Crippen LogP contribution in [0.4, 0.5) is 0 Å². The minimum atomic E-state index is -0.294. The fourth-order valence-corrected chi connectivity index (χ4v) is 6.46. The number of ether oxygens (including phenoxy) is 1. The largest absolute Gasteiger partial charge is 0.459 e. The van der Waals surface area contributed by atoms with Crippen molar-refractivity contribution in [2.45, 2.75) is 206 Å². The zero-order chi connectivity index (χ0) is 28.3. The van der Waals surface area contributed by atoms with Gasteiger partial charge in [-0.25, -0.2) is 0 Å². The van der Waals surface area contributed by atoms with Crippen molar-refractivity contribution >= 4 is 5.97 Å². The number of unbranched alkanes of at least 4 members (excludes halogenated alkanes) is 24. The first-order valence-electron chi connectivity index (χ1n) is 18.1. The molecule has 0 aromatic carbocycles. The second-order valence-corrected chi connectivity index (χ2v) is 13.5. The van der Waals surface area contributed by atoms with Gasteiger partial charge in [0.2, 0.25) is 0 Å². The first-order valence-corrected chi connectivity index (χ1v) is 18.1. The van der Waals surface area contributed by atoms with Gasteiger partial charge in [-0.05, 0) is 20.3 Å². The summed E-state index contributed by atoms with van der Waals surface area (Å²) in [5, 5.41) is 2.37. The van der Waals surface area contributed by atoms with Crippen molar-refractivity contribution in [2.75, 3.05) is 13.1 Å². The van der Waals surface area contributed by atoms with Crippen molar-refractivity contribution in [1.29, 1.82) is 0 Å². The third-order valence-electron chi connectivity index (χ3n) is 9.28. The summed E-state index contributed by atoms with van der Waals surface area (Å²) in [4.78, 5) is 12.3. The monoisotopic (exact) mass is 551 g/mol. The zero-order valence-electron chi connectivity index (χ0n) is 27.2. The fourth-order valence-electron chi connectivity index (χ4n) is 6.46. The predicted octanol–water partition coefficient (Wildman–Crippen LogP) is 10.4. The van der Waals surface area contributed by atoms with Crippen LogP contribution >= 0.6 is 0 Å². The van der Waals surface area contributed by atoms with E-state index in [0.29, 0.717) is 12.3 Å². The Labute approximate surface area is 245 Å². The average molecular weight is 551 g/mol. The normalized spacial score (nSPS) is 14.6. The van der Waals surface area contributed by atoms with E-state index >= 15 is 0 Å². The third kappa shape index (κ3) is 22.8. The van der Waals surface area contributed by atoms with Crippen LogP contribution in [0.5, 0.6) is 0 Å². The Hall–Kier alpha value is -0.570. The first kappa shape index (κ1) is 36.5.